The lowest BCUT2D eigenvalue weighted by Crippen LogP contribution is -1.58. The molecule has 0 saturated heterocycles. The van der Waals surface area contributed by atoms with E-state index < -0.39 is 0 Å². The zero-order chi connectivity index (χ0) is 4.41. The molecule has 1 unspecified atom stereocenters. The number of aryl methyl sites for hydroxylation is 1. The zero-order valence-electron chi connectivity index (χ0n) is 3.47. The molecule has 0 aromatic carbocycles. The highest BCUT2D eigenvalue weighted by molar-refractivity contribution is 7.20. The van der Waals surface area contributed by atoms with Crippen LogP contribution in [-0.4, -0.2) is 9.49 Å². The molecule has 2 nitrogen and oxygen atoms in total. The first kappa shape index (κ1) is 3.82. The molecule has 0 radical (unpaired) electrons. The largest absolute Gasteiger partial charge is 0.228 e. The molecule has 32 valence electrons. The van der Waals surface area contributed by atoms with Crippen molar-refractivity contribution in [2.75, 3.05) is 0 Å². The molecule has 3 heteroatoms. The van der Waals surface area contributed by atoms with Crippen molar-refractivity contribution in [1.82, 2.24) is 9.49 Å². The van der Waals surface area contributed by atoms with Gasteiger partial charge >= 0.3 is 0 Å². The SMILES string of the molecule is Cc1cn[pH]n1. The molecule has 1 aromatic rings. The van der Waals surface area contributed by atoms with Crippen molar-refractivity contribution < 1.29 is 0 Å². The second-order valence-electron chi connectivity index (χ2n) is 1.11. The van der Waals surface area contributed by atoms with Crippen molar-refractivity contribution in [3.8, 4) is 0 Å². The molecule has 1 atom stereocenters. The monoisotopic (exact) mass is 100 g/mol. The van der Waals surface area contributed by atoms with E-state index in [1.807, 2.05) is 6.92 Å². The molecule has 0 N–H and O–H groups in total. The first-order valence-electron chi connectivity index (χ1n) is 1.72. The molecule has 1 aromatic heterocycles. The first-order valence-corrected chi connectivity index (χ1v) is 2.61. The van der Waals surface area contributed by atoms with E-state index in [4.69, 9.17) is 0 Å². The maximum absolute atomic E-state index is 3.96. The molecule has 0 saturated carbocycles. The van der Waals surface area contributed by atoms with Gasteiger partial charge in [-0.3, -0.25) is 0 Å². The van der Waals surface area contributed by atoms with Gasteiger partial charge in [-0.15, -0.1) is 0 Å². The highest BCUT2D eigenvalue weighted by atomic mass is 31.1. The minimum absolute atomic E-state index is 0.446. The van der Waals surface area contributed by atoms with Gasteiger partial charge in [0.15, 0.2) is 0 Å². The second kappa shape index (κ2) is 1.39. The number of hydrogen-bond acceptors (Lipinski definition) is 2. The summed E-state index contributed by atoms with van der Waals surface area (Å²) in [5.41, 5.74) is 1.05. The molecule has 0 bridgehead atoms. The maximum Gasteiger partial charge on any atom is 0.0615 e. The van der Waals surface area contributed by atoms with Gasteiger partial charge < -0.3 is 0 Å². The summed E-state index contributed by atoms with van der Waals surface area (Å²) in [7, 11) is 0.446. The Hall–Kier alpha value is -0.360. The van der Waals surface area contributed by atoms with Crippen LogP contribution in [0.4, 0.5) is 0 Å². The Balaban J connectivity index is 3.05. The summed E-state index contributed by atoms with van der Waals surface area (Å²) >= 11 is 0. The lowest BCUT2D eigenvalue weighted by Gasteiger charge is -1.63. The van der Waals surface area contributed by atoms with Crippen molar-refractivity contribution in [3.05, 3.63) is 11.9 Å². The fourth-order valence-electron chi connectivity index (χ4n) is 0.259. The Bertz CT molecular complexity index is 112. The highest BCUT2D eigenvalue weighted by Crippen LogP contribution is 1.93. The topological polar surface area (TPSA) is 25.8 Å². The van der Waals surface area contributed by atoms with Gasteiger partial charge in [-0.2, -0.15) is 0 Å². The van der Waals surface area contributed by atoms with Crippen LogP contribution in [-0.2, 0) is 0 Å². The van der Waals surface area contributed by atoms with Crippen molar-refractivity contribution in [1.29, 1.82) is 0 Å². The van der Waals surface area contributed by atoms with Crippen molar-refractivity contribution in [2.24, 2.45) is 0 Å². The lowest BCUT2D eigenvalue weighted by atomic mass is 10.6. The molecule has 0 aliphatic rings. The van der Waals surface area contributed by atoms with Crippen LogP contribution in [0.5, 0.6) is 0 Å². The summed E-state index contributed by atoms with van der Waals surface area (Å²) in [4.78, 5) is 0. The molecule has 6 heavy (non-hydrogen) atoms. The van der Waals surface area contributed by atoms with Crippen LogP contribution in [0.2, 0.25) is 0 Å². The maximum atomic E-state index is 3.96. The first-order chi connectivity index (χ1) is 2.89. The average Bonchev–Trinajstić information content (AvgIpc) is 1.86. The molecule has 0 spiro atoms. The predicted octanol–water partition coefficient (Wildman–Crippen LogP) is 0.816. The van der Waals surface area contributed by atoms with Crippen molar-refractivity contribution in [3.63, 3.8) is 0 Å². The lowest BCUT2D eigenvalue weighted by molar-refractivity contribution is 1.33. The summed E-state index contributed by atoms with van der Waals surface area (Å²) in [5.74, 6) is 0. The van der Waals surface area contributed by atoms with Crippen LogP contribution in [0, 0.1) is 6.92 Å². The van der Waals surface area contributed by atoms with Crippen molar-refractivity contribution in [2.45, 2.75) is 6.92 Å². The molecule has 0 aliphatic heterocycles. The summed E-state index contributed by atoms with van der Waals surface area (Å²) in [6, 6.07) is 0. The van der Waals surface area contributed by atoms with Crippen LogP contribution in [0.25, 0.3) is 0 Å². The standard InChI is InChI=1S/C3H5N2P/c1-3-2-4-6-5-3/h2,6H,1H3. The van der Waals surface area contributed by atoms with Gasteiger partial charge in [0.25, 0.3) is 0 Å². The minimum atomic E-state index is 0.446. The van der Waals surface area contributed by atoms with Gasteiger partial charge in [0.05, 0.1) is 20.4 Å². The minimum Gasteiger partial charge on any atom is -0.228 e. The Morgan fingerprint density at radius 3 is 2.83 bits per heavy atom. The molecular weight excluding hydrogens is 95.0 g/mol. The van der Waals surface area contributed by atoms with Crippen LogP contribution in [0.3, 0.4) is 0 Å². The second-order valence-corrected chi connectivity index (χ2v) is 1.79. The van der Waals surface area contributed by atoms with Crippen LogP contribution >= 0.6 is 8.51 Å². The number of aromatic nitrogens is 2. The van der Waals surface area contributed by atoms with E-state index in [1.54, 1.807) is 6.20 Å². The number of rotatable bonds is 0. The molecule has 1 rings (SSSR count). The third-order valence-electron chi connectivity index (χ3n) is 0.535. The molecule has 1 heterocycles. The molecule has 0 fully saturated rings. The quantitative estimate of drug-likeness (QED) is 0.482. The fourth-order valence-corrected chi connectivity index (χ4v) is 0.777. The van der Waals surface area contributed by atoms with E-state index in [1.165, 1.54) is 0 Å². The molecule has 0 aliphatic carbocycles. The predicted molar refractivity (Wildman–Crippen MR) is 26.3 cm³/mol. The van der Waals surface area contributed by atoms with Gasteiger partial charge in [-0.25, -0.2) is 9.49 Å². The Kier molecular flexibility index (Phi) is 0.887. The van der Waals surface area contributed by atoms with Crippen LogP contribution in [0.1, 0.15) is 5.69 Å². The summed E-state index contributed by atoms with van der Waals surface area (Å²) < 4.78 is 7.82. The number of nitrogens with zero attached hydrogens (tertiary/aromatic N) is 2. The van der Waals surface area contributed by atoms with Gasteiger partial charge in [-0.05, 0) is 6.92 Å². The van der Waals surface area contributed by atoms with E-state index in [9.17, 15) is 0 Å². The molecule has 0 amide bonds. The van der Waals surface area contributed by atoms with E-state index in [-0.39, 0.29) is 0 Å². The molecular formula is C3H5N2P. The van der Waals surface area contributed by atoms with Gasteiger partial charge in [0.1, 0.15) is 0 Å². The highest BCUT2D eigenvalue weighted by Gasteiger charge is 1.76. The average molecular weight is 100 g/mol. The van der Waals surface area contributed by atoms with E-state index in [0.29, 0.717) is 8.51 Å². The third-order valence-corrected chi connectivity index (χ3v) is 1.23. The van der Waals surface area contributed by atoms with Crippen LogP contribution < -0.4 is 0 Å². The summed E-state index contributed by atoms with van der Waals surface area (Å²) in [6.45, 7) is 1.95. The summed E-state index contributed by atoms with van der Waals surface area (Å²) in [6.07, 6.45) is 1.79. The van der Waals surface area contributed by atoms with Gasteiger partial charge in [-0.1, -0.05) is 0 Å². The Morgan fingerprint density at radius 2 is 2.67 bits per heavy atom. The van der Waals surface area contributed by atoms with Gasteiger partial charge in [0, 0.05) is 0 Å². The smallest absolute Gasteiger partial charge is 0.0615 e. The third kappa shape index (κ3) is 0.575. The van der Waals surface area contributed by atoms with Gasteiger partial charge in [0.2, 0.25) is 0 Å². The van der Waals surface area contributed by atoms with Crippen molar-refractivity contribution >= 4 is 8.51 Å². The normalized spacial score (nSPS) is 10.2. The fraction of sp³-hybridized carbons (Fsp3) is 0.333. The van der Waals surface area contributed by atoms with E-state index in [2.05, 4.69) is 9.49 Å². The Labute approximate surface area is 37.8 Å². The Morgan fingerprint density at radius 1 is 1.83 bits per heavy atom. The van der Waals surface area contributed by atoms with E-state index >= 15 is 0 Å². The number of hydrogen-bond donors (Lipinski definition) is 0. The van der Waals surface area contributed by atoms with Crippen LogP contribution in [0.15, 0.2) is 6.20 Å². The summed E-state index contributed by atoms with van der Waals surface area (Å²) in [5, 5.41) is 0. The van der Waals surface area contributed by atoms with E-state index in [0.717, 1.165) is 5.69 Å². The zero-order valence-corrected chi connectivity index (χ0v) is 4.47.